The van der Waals surface area contributed by atoms with Crippen molar-refractivity contribution in [2.45, 2.75) is 57.5 Å². The number of rotatable bonds is 6. The van der Waals surface area contributed by atoms with Crippen LogP contribution in [0, 0.1) is 5.92 Å². The molecule has 0 amide bonds. The van der Waals surface area contributed by atoms with Gasteiger partial charge in [-0.1, -0.05) is 19.8 Å². The van der Waals surface area contributed by atoms with Gasteiger partial charge < -0.3 is 10.6 Å². The lowest BCUT2D eigenvalue weighted by Gasteiger charge is -2.33. The molecule has 0 aromatic carbocycles. The fourth-order valence-electron chi connectivity index (χ4n) is 3.47. The molecule has 18 heavy (non-hydrogen) atoms. The average Bonchev–Trinajstić information content (AvgIpc) is 2.88. The van der Waals surface area contributed by atoms with Crippen molar-refractivity contribution in [3.63, 3.8) is 0 Å². The highest BCUT2D eigenvalue weighted by Gasteiger charge is 2.33. The monoisotopic (exact) mass is 272 g/mol. The number of nitrogens with one attached hydrogen (secondary N) is 2. The second-order valence-corrected chi connectivity index (χ2v) is 7.51. The highest BCUT2D eigenvalue weighted by molar-refractivity contribution is 7.84. The second kappa shape index (κ2) is 7.61. The van der Waals surface area contributed by atoms with Crippen LogP contribution in [0.25, 0.3) is 0 Å². The van der Waals surface area contributed by atoms with E-state index in [1.807, 2.05) is 6.92 Å². The van der Waals surface area contributed by atoms with Gasteiger partial charge in [0.25, 0.3) is 0 Å². The van der Waals surface area contributed by atoms with Crippen molar-refractivity contribution in [2.75, 3.05) is 24.6 Å². The van der Waals surface area contributed by atoms with Crippen LogP contribution in [0.2, 0.25) is 0 Å². The zero-order valence-electron chi connectivity index (χ0n) is 11.6. The maximum Gasteiger partial charge on any atom is 0.0360 e. The van der Waals surface area contributed by atoms with E-state index in [2.05, 4.69) is 10.6 Å². The van der Waals surface area contributed by atoms with Crippen molar-refractivity contribution in [2.24, 2.45) is 5.92 Å². The van der Waals surface area contributed by atoms with Crippen LogP contribution in [-0.2, 0) is 10.8 Å². The summed E-state index contributed by atoms with van der Waals surface area (Å²) in [5.74, 6) is 2.41. The lowest BCUT2D eigenvalue weighted by Crippen LogP contribution is -2.47. The SMILES string of the molecule is CCS(=O)CCNC1CCCC1C1CCCCN1. The van der Waals surface area contributed by atoms with Crippen LogP contribution in [0.3, 0.4) is 0 Å². The van der Waals surface area contributed by atoms with Gasteiger partial charge in [-0.05, 0) is 38.1 Å². The van der Waals surface area contributed by atoms with Crippen LogP contribution in [0.15, 0.2) is 0 Å². The molecule has 4 heteroatoms. The van der Waals surface area contributed by atoms with Crippen molar-refractivity contribution < 1.29 is 4.21 Å². The first kappa shape index (κ1) is 14.5. The molecule has 4 unspecified atom stereocenters. The van der Waals surface area contributed by atoms with Gasteiger partial charge in [0.2, 0.25) is 0 Å². The molecule has 2 fully saturated rings. The Balaban J connectivity index is 1.74. The predicted molar refractivity (Wildman–Crippen MR) is 78.3 cm³/mol. The summed E-state index contributed by atoms with van der Waals surface area (Å²) in [6, 6.07) is 1.39. The lowest BCUT2D eigenvalue weighted by molar-refractivity contribution is 0.259. The fourth-order valence-corrected chi connectivity index (χ4v) is 4.10. The predicted octanol–water partition coefficient (Wildman–Crippen LogP) is 1.66. The first-order valence-corrected chi connectivity index (χ1v) is 9.12. The summed E-state index contributed by atoms with van der Waals surface area (Å²) < 4.78 is 11.4. The van der Waals surface area contributed by atoms with E-state index in [0.717, 1.165) is 30.0 Å². The van der Waals surface area contributed by atoms with Crippen LogP contribution < -0.4 is 10.6 Å². The lowest BCUT2D eigenvalue weighted by atomic mass is 9.88. The molecule has 106 valence electrons. The fraction of sp³-hybridized carbons (Fsp3) is 1.00. The molecule has 1 aliphatic heterocycles. The molecule has 0 radical (unpaired) electrons. The number of hydrogen-bond acceptors (Lipinski definition) is 3. The minimum Gasteiger partial charge on any atom is -0.314 e. The van der Waals surface area contributed by atoms with Gasteiger partial charge in [0, 0.05) is 40.9 Å². The Hall–Kier alpha value is 0.0700. The Labute approximate surface area is 114 Å². The quantitative estimate of drug-likeness (QED) is 0.772. The topological polar surface area (TPSA) is 41.1 Å². The summed E-state index contributed by atoms with van der Waals surface area (Å²) >= 11 is 0. The van der Waals surface area contributed by atoms with E-state index >= 15 is 0 Å². The third-order valence-corrected chi connectivity index (χ3v) is 5.80. The molecule has 0 aromatic heterocycles. The van der Waals surface area contributed by atoms with Gasteiger partial charge in [0.15, 0.2) is 0 Å². The summed E-state index contributed by atoms with van der Waals surface area (Å²) in [5, 5.41) is 7.36. The standard InChI is InChI=1S/C14H28N2OS/c1-2-18(17)11-10-16-14-8-5-6-12(14)13-7-3-4-9-15-13/h12-16H,2-11H2,1H3. The van der Waals surface area contributed by atoms with Gasteiger partial charge in [-0.2, -0.15) is 0 Å². The Morgan fingerprint density at radius 1 is 1.22 bits per heavy atom. The maximum absolute atomic E-state index is 11.4. The second-order valence-electron chi connectivity index (χ2n) is 5.64. The van der Waals surface area contributed by atoms with Crippen molar-refractivity contribution in [1.29, 1.82) is 0 Å². The minimum absolute atomic E-state index is 0.621. The van der Waals surface area contributed by atoms with Gasteiger partial charge in [-0.15, -0.1) is 0 Å². The Bertz CT molecular complexity index is 267. The van der Waals surface area contributed by atoms with E-state index in [4.69, 9.17) is 0 Å². The van der Waals surface area contributed by atoms with Crippen LogP contribution in [-0.4, -0.2) is 40.9 Å². The zero-order valence-corrected chi connectivity index (χ0v) is 12.4. The summed E-state index contributed by atoms with van der Waals surface area (Å²) in [6.07, 6.45) is 8.12. The summed E-state index contributed by atoms with van der Waals surface area (Å²) in [6.45, 7) is 4.13. The highest BCUT2D eigenvalue weighted by atomic mass is 32.2. The number of piperidine rings is 1. The van der Waals surface area contributed by atoms with Crippen molar-refractivity contribution in [1.82, 2.24) is 10.6 Å². The number of hydrogen-bond donors (Lipinski definition) is 2. The molecule has 3 nitrogen and oxygen atoms in total. The van der Waals surface area contributed by atoms with E-state index in [9.17, 15) is 4.21 Å². The van der Waals surface area contributed by atoms with Gasteiger partial charge in [0.05, 0.1) is 0 Å². The molecule has 1 heterocycles. The molecular weight excluding hydrogens is 244 g/mol. The minimum atomic E-state index is -0.621. The van der Waals surface area contributed by atoms with Gasteiger partial charge in [-0.25, -0.2) is 0 Å². The highest BCUT2D eigenvalue weighted by Crippen LogP contribution is 2.31. The molecule has 2 aliphatic rings. The molecular formula is C14H28N2OS. The van der Waals surface area contributed by atoms with Gasteiger partial charge in [0.1, 0.15) is 0 Å². The van der Waals surface area contributed by atoms with Crippen molar-refractivity contribution >= 4 is 10.8 Å². The molecule has 1 saturated carbocycles. The smallest absolute Gasteiger partial charge is 0.0360 e. The molecule has 0 spiro atoms. The molecule has 1 aliphatic carbocycles. The Morgan fingerprint density at radius 3 is 2.83 bits per heavy atom. The van der Waals surface area contributed by atoms with E-state index in [1.54, 1.807) is 0 Å². The van der Waals surface area contributed by atoms with E-state index in [-0.39, 0.29) is 0 Å². The summed E-state index contributed by atoms with van der Waals surface area (Å²) in [4.78, 5) is 0. The van der Waals surface area contributed by atoms with E-state index < -0.39 is 10.8 Å². The van der Waals surface area contributed by atoms with Crippen LogP contribution in [0.4, 0.5) is 0 Å². The molecule has 2 N–H and O–H groups in total. The molecule has 2 rings (SSSR count). The van der Waals surface area contributed by atoms with Gasteiger partial charge in [-0.3, -0.25) is 4.21 Å². The van der Waals surface area contributed by atoms with Crippen LogP contribution in [0.1, 0.15) is 45.4 Å². The third-order valence-electron chi connectivity index (χ3n) is 4.49. The largest absolute Gasteiger partial charge is 0.314 e. The summed E-state index contributed by atoms with van der Waals surface area (Å²) in [5.41, 5.74) is 0. The normalized spacial score (nSPS) is 34.6. The van der Waals surface area contributed by atoms with Crippen LogP contribution >= 0.6 is 0 Å². The average molecular weight is 272 g/mol. The maximum atomic E-state index is 11.4. The van der Waals surface area contributed by atoms with Crippen LogP contribution in [0.5, 0.6) is 0 Å². The van der Waals surface area contributed by atoms with E-state index in [0.29, 0.717) is 6.04 Å². The zero-order chi connectivity index (χ0) is 12.8. The summed E-state index contributed by atoms with van der Waals surface area (Å²) in [7, 11) is -0.621. The first-order chi connectivity index (χ1) is 8.81. The van der Waals surface area contributed by atoms with E-state index in [1.165, 1.54) is 45.1 Å². The molecule has 4 atom stereocenters. The van der Waals surface area contributed by atoms with Gasteiger partial charge >= 0.3 is 0 Å². The Morgan fingerprint density at radius 2 is 2.11 bits per heavy atom. The first-order valence-electron chi connectivity index (χ1n) is 7.63. The molecule has 0 bridgehead atoms. The molecule has 0 aromatic rings. The Kier molecular flexibility index (Phi) is 6.12. The third kappa shape index (κ3) is 4.04. The van der Waals surface area contributed by atoms with Crippen molar-refractivity contribution in [3.8, 4) is 0 Å². The van der Waals surface area contributed by atoms with Crippen molar-refractivity contribution in [3.05, 3.63) is 0 Å². The molecule has 1 saturated heterocycles.